The highest BCUT2D eigenvalue weighted by Crippen LogP contribution is 2.18. The highest BCUT2D eigenvalue weighted by Gasteiger charge is 2.33. The van der Waals surface area contributed by atoms with E-state index in [1.165, 1.54) is 0 Å². The molecule has 1 rings (SSSR count). The molecule has 1 aliphatic heterocycles. The van der Waals surface area contributed by atoms with Gasteiger partial charge < -0.3 is 5.11 Å². The lowest BCUT2D eigenvalue weighted by atomic mass is 10.1. The molecule has 1 N–H and O–H groups in total. The Hall–Kier alpha value is -0.880. The van der Waals surface area contributed by atoms with Crippen LogP contribution in [-0.4, -0.2) is 55.0 Å². The summed E-state index contributed by atoms with van der Waals surface area (Å²) < 4.78 is 22.8. The summed E-state index contributed by atoms with van der Waals surface area (Å²) in [5, 5.41) is 8.84. The first-order valence-corrected chi connectivity index (χ1v) is 7.49. The SMILES string of the molecule is C=C(CC)CN(CC(=O)O)C1CCS(=O)(=O)C1. The maximum absolute atomic E-state index is 11.4. The number of hydrogen-bond acceptors (Lipinski definition) is 4. The second-order valence-corrected chi connectivity index (χ2v) is 6.69. The third-order valence-electron chi connectivity index (χ3n) is 2.99. The fourth-order valence-corrected chi connectivity index (χ4v) is 3.71. The standard InChI is InChI=1S/C11H19NO4S/c1-3-9(2)6-12(7-11(13)14)10-4-5-17(15,16)8-10/h10H,2-8H2,1H3,(H,13,14). The Labute approximate surface area is 102 Å². The van der Waals surface area contributed by atoms with Gasteiger partial charge in [-0.25, -0.2) is 8.42 Å². The Morgan fingerprint density at radius 3 is 2.53 bits per heavy atom. The molecular weight excluding hydrogens is 242 g/mol. The lowest BCUT2D eigenvalue weighted by Gasteiger charge is -2.26. The van der Waals surface area contributed by atoms with Crippen LogP contribution in [0.3, 0.4) is 0 Å². The summed E-state index contributed by atoms with van der Waals surface area (Å²) in [5.74, 6) is -0.706. The monoisotopic (exact) mass is 261 g/mol. The quantitative estimate of drug-likeness (QED) is 0.706. The summed E-state index contributed by atoms with van der Waals surface area (Å²) in [6, 6.07) is -0.181. The second-order valence-electron chi connectivity index (χ2n) is 4.46. The fourth-order valence-electron chi connectivity index (χ4n) is 1.95. The highest BCUT2D eigenvalue weighted by molar-refractivity contribution is 7.91. The molecule has 1 aliphatic rings. The molecule has 98 valence electrons. The van der Waals surface area contributed by atoms with Gasteiger partial charge in [-0.3, -0.25) is 9.69 Å². The smallest absolute Gasteiger partial charge is 0.317 e. The normalized spacial score (nSPS) is 22.8. The van der Waals surface area contributed by atoms with Crippen molar-refractivity contribution in [3.05, 3.63) is 12.2 Å². The van der Waals surface area contributed by atoms with Crippen LogP contribution in [0.5, 0.6) is 0 Å². The third-order valence-corrected chi connectivity index (χ3v) is 4.74. The molecule has 0 aromatic rings. The number of carbonyl (C=O) groups is 1. The van der Waals surface area contributed by atoms with Gasteiger partial charge in [0.2, 0.25) is 0 Å². The second kappa shape index (κ2) is 5.64. The molecule has 6 heteroatoms. The van der Waals surface area contributed by atoms with Crippen LogP contribution in [0.15, 0.2) is 12.2 Å². The highest BCUT2D eigenvalue weighted by atomic mass is 32.2. The lowest BCUT2D eigenvalue weighted by molar-refractivity contribution is -0.138. The van der Waals surface area contributed by atoms with Crippen LogP contribution in [0.25, 0.3) is 0 Å². The molecule has 0 bridgehead atoms. The first-order chi connectivity index (χ1) is 7.84. The zero-order chi connectivity index (χ0) is 13.1. The van der Waals surface area contributed by atoms with E-state index in [2.05, 4.69) is 6.58 Å². The van der Waals surface area contributed by atoms with Crippen LogP contribution in [0.2, 0.25) is 0 Å². The average molecular weight is 261 g/mol. The van der Waals surface area contributed by atoms with Gasteiger partial charge in [-0.15, -0.1) is 0 Å². The molecule has 5 nitrogen and oxygen atoms in total. The van der Waals surface area contributed by atoms with E-state index in [1.807, 2.05) is 6.92 Å². The third kappa shape index (κ3) is 4.47. The van der Waals surface area contributed by atoms with Gasteiger partial charge in [0, 0.05) is 12.6 Å². The van der Waals surface area contributed by atoms with E-state index in [9.17, 15) is 13.2 Å². The van der Waals surface area contributed by atoms with Gasteiger partial charge in [-0.05, 0) is 12.8 Å². The van der Waals surface area contributed by atoms with E-state index in [0.29, 0.717) is 13.0 Å². The molecule has 0 aromatic carbocycles. The molecular formula is C11H19NO4S. The predicted octanol–water partition coefficient (Wildman–Crippen LogP) is 0.526. The van der Waals surface area contributed by atoms with Crippen LogP contribution in [0.1, 0.15) is 19.8 Å². The van der Waals surface area contributed by atoms with Crippen molar-refractivity contribution in [1.82, 2.24) is 4.90 Å². The molecule has 17 heavy (non-hydrogen) atoms. The first-order valence-electron chi connectivity index (χ1n) is 5.67. The molecule has 1 saturated heterocycles. The molecule has 1 fully saturated rings. The molecule has 1 unspecified atom stereocenters. The molecule has 1 heterocycles. The van der Waals surface area contributed by atoms with Gasteiger partial charge >= 0.3 is 5.97 Å². The van der Waals surface area contributed by atoms with Crippen LogP contribution in [0, 0.1) is 0 Å². The number of aliphatic carboxylic acids is 1. The fraction of sp³-hybridized carbons (Fsp3) is 0.727. The summed E-state index contributed by atoms with van der Waals surface area (Å²) in [7, 11) is -2.98. The Morgan fingerprint density at radius 1 is 1.47 bits per heavy atom. The summed E-state index contributed by atoms with van der Waals surface area (Å²) >= 11 is 0. The van der Waals surface area contributed by atoms with Gasteiger partial charge in [-0.1, -0.05) is 19.1 Å². The van der Waals surface area contributed by atoms with Crippen LogP contribution in [-0.2, 0) is 14.6 Å². The van der Waals surface area contributed by atoms with Gasteiger partial charge in [0.05, 0.1) is 18.1 Å². The number of carboxylic acid groups (broad SMARTS) is 1. The number of carboxylic acids is 1. The first kappa shape index (κ1) is 14.2. The largest absolute Gasteiger partial charge is 0.480 e. The van der Waals surface area contributed by atoms with Crippen molar-refractivity contribution in [1.29, 1.82) is 0 Å². The Balaban J connectivity index is 2.69. The van der Waals surface area contributed by atoms with Crippen molar-refractivity contribution in [2.75, 3.05) is 24.6 Å². The summed E-state index contributed by atoms with van der Waals surface area (Å²) in [4.78, 5) is 12.5. The maximum Gasteiger partial charge on any atom is 0.317 e. The molecule has 0 radical (unpaired) electrons. The van der Waals surface area contributed by atoms with Gasteiger partial charge in [0.15, 0.2) is 9.84 Å². The van der Waals surface area contributed by atoms with E-state index < -0.39 is 15.8 Å². The van der Waals surface area contributed by atoms with Crippen LogP contribution < -0.4 is 0 Å². The van der Waals surface area contributed by atoms with E-state index in [0.717, 1.165) is 12.0 Å². The Morgan fingerprint density at radius 2 is 2.12 bits per heavy atom. The van der Waals surface area contributed by atoms with Crippen molar-refractivity contribution in [2.24, 2.45) is 0 Å². The van der Waals surface area contributed by atoms with E-state index >= 15 is 0 Å². The molecule has 0 saturated carbocycles. The minimum atomic E-state index is -2.98. The number of rotatable bonds is 6. The van der Waals surface area contributed by atoms with Gasteiger partial charge in [0.25, 0.3) is 0 Å². The van der Waals surface area contributed by atoms with Crippen LogP contribution in [0.4, 0.5) is 0 Å². The zero-order valence-electron chi connectivity index (χ0n) is 10.1. The number of sulfone groups is 1. The Kier molecular flexibility index (Phi) is 4.70. The van der Waals surface area contributed by atoms with Crippen LogP contribution >= 0.6 is 0 Å². The van der Waals surface area contributed by atoms with Crippen molar-refractivity contribution < 1.29 is 18.3 Å². The molecule has 0 aliphatic carbocycles. The topological polar surface area (TPSA) is 74.7 Å². The maximum atomic E-state index is 11.4. The van der Waals surface area contributed by atoms with Crippen molar-refractivity contribution in [2.45, 2.75) is 25.8 Å². The number of hydrogen-bond donors (Lipinski definition) is 1. The summed E-state index contributed by atoms with van der Waals surface area (Å²) in [6.45, 7) is 6.13. The Bertz CT molecular complexity index is 402. The van der Waals surface area contributed by atoms with E-state index in [-0.39, 0.29) is 24.1 Å². The molecule has 0 spiro atoms. The molecule has 1 atom stereocenters. The van der Waals surface area contributed by atoms with E-state index in [4.69, 9.17) is 5.11 Å². The van der Waals surface area contributed by atoms with Crippen molar-refractivity contribution in [3.8, 4) is 0 Å². The molecule has 0 aromatic heterocycles. The van der Waals surface area contributed by atoms with Crippen molar-refractivity contribution >= 4 is 15.8 Å². The lowest BCUT2D eigenvalue weighted by Crippen LogP contribution is -2.41. The summed E-state index contributed by atoms with van der Waals surface area (Å²) in [5.41, 5.74) is 0.926. The predicted molar refractivity (Wildman–Crippen MR) is 65.7 cm³/mol. The average Bonchev–Trinajstić information content (AvgIpc) is 2.57. The minimum absolute atomic E-state index is 0.0667. The number of nitrogens with zero attached hydrogens (tertiary/aromatic N) is 1. The van der Waals surface area contributed by atoms with Gasteiger partial charge in [0.1, 0.15) is 0 Å². The van der Waals surface area contributed by atoms with Crippen molar-refractivity contribution in [3.63, 3.8) is 0 Å². The minimum Gasteiger partial charge on any atom is -0.480 e. The zero-order valence-corrected chi connectivity index (χ0v) is 10.9. The van der Waals surface area contributed by atoms with Gasteiger partial charge in [-0.2, -0.15) is 0 Å². The van der Waals surface area contributed by atoms with E-state index in [1.54, 1.807) is 4.90 Å². The molecule has 0 amide bonds. The summed E-state index contributed by atoms with van der Waals surface area (Å²) in [6.07, 6.45) is 1.29.